The van der Waals surface area contributed by atoms with Crippen LogP contribution in [0.15, 0.2) is 36.5 Å². The Morgan fingerprint density at radius 3 is 2.88 bits per heavy atom. The Bertz CT molecular complexity index is 759. The first-order chi connectivity index (χ1) is 11.5. The van der Waals surface area contributed by atoms with Crippen molar-refractivity contribution < 1.29 is 9.59 Å². The molecule has 1 aromatic carbocycles. The number of piperidine rings is 1. The van der Waals surface area contributed by atoms with E-state index < -0.39 is 6.04 Å². The molecule has 1 saturated heterocycles. The molecule has 0 bridgehead atoms. The smallest absolute Gasteiger partial charge is 0.250 e. The monoisotopic (exact) mass is 346 g/mol. The zero-order valence-corrected chi connectivity index (χ0v) is 14.2. The van der Waals surface area contributed by atoms with Crippen LogP contribution in [-0.4, -0.2) is 34.2 Å². The van der Waals surface area contributed by atoms with Gasteiger partial charge in [0.1, 0.15) is 6.04 Å². The Balaban J connectivity index is 1.65. The number of halogens is 1. The third kappa shape index (κ3) is 3.59. The summed E-state index contributed by atoms with van der Waals surface area (Å²) in [5, 5.41) is 7.65. The lowest BCUT2D eigenvalue weighted by Crippen LogP contribution is -2.52. The average molecular weight is 347 g/mol. The third-order valence-electron chi connectivity index (χ3n) is 4.06. The molecule has 2 aromatic rings. The van der Waals surface area contributed by atoms with E-state index in [1.807, 2.05) is 18.2 Å². The fourth-order valence-corrected chi connectivity index (χ4v) is 3.05. The van der Waals surface area contributed by atoms with E-state index in [9.17, 15) is 9.59 Å². The molecule has 24 heavy (non-hydrogen) atoms. The molecule has 0 spiro atoms. The van der Waals surface area contributed by atoms with Crippen molar-refractivity contribution in [3.05, 3.63) is 47.1 Å². The van der Waals surface area contributed by atoms with Crippen LogP contribution in [0.4, 0.5) is 5.82 Å². The summed E-state index contributed by atoms with van der Waals surface area (Å²) in [4.78, 5) is 26.5. The number of aryl methyl sites for hydroxylation is 1. The van der Waals surface area contributed by atoms with Crippen LogP contribution >= 0.6 is 11.6 Å². The number of nitrogens with one attached hydrogen (secondary N) is 1. The highest BCUT2D eigenvalue weighted by Crippen LogP contribution is 2.20. The second-order valence-corrected chi connectivity index (χ2v) is 6.28. The molecule has 0 aliphatic carbocycles. The van der Waals surface area contributed by atoms with Gasteiger partial charge in [-0.15, -0.1) is 0 Å². The van der Waals surface area contributed by atoms with Crippen LogP contribution in [0.5, 0.6) is 0 Å². The molecule has 1 atom stereocenters. The lowest BCUT2D eigenvalue weighted by molar-refractivity contribution is -0.128. The van der Waals surface area contributed by atoms with Gasteiger partial charge in [-0.3, -0.25) is 19.2 Å². The Kier molecular flexibility index (Phi) is 4.85. The lowest BCUT2D eigenvalue weighted by atomic mass is 10.0. The number of nitrogens with zero attached hydrogens (tertiary/aromatic N) is 3. The first kappa shape index (κ1) is 16.5. The van der Waals surface area contributed by atoms with Gasteiger partial charge in [-0.05, 0) is 24.5 Å². The quantitative estimate of drug-likeness (QED) is 0.919. The first-order valence-corrected chi connectivity index (χ1v) is 8.26. The van der Waals surface area contributed by atoms with Crippen LogP contribution in [0, 0.1) is 0 Å². The van der Waals surface area contributed by atoms with Crippen molar-refractivity contribution in [2.24, 2.45) is 7.05 Å². The number of carbonyl (C=O) groups is 2. The Morgan fingerprint density at radius 2 is 2.17 bits per heavy atom. The molecule has 1 fully saturated rings. The highest BCUT2D eigenvalue weighted by Gasteiger charge is 2.31. The zero-order valence-electron chi connectivity index (χ0n) is 13.4. The standard InChI is InChI=1S/C17H19ClN4O2/c1-21-10-8-15(20-21)22-9-4-7-14(17(22)24)19-16(23)11-12-5-2-3-6-13(12)18/h2-3,5-6,8,10,14H,4,7,9,11H2,1H3,(H,19,23)/t14-/m0/s1. The van der Waals surface area contributed by atoms with Crippen molar-refractivity contribution in [2.75, 3.05) is 11.4 Å². The number of anilines is 1. The van der Waals surface area contributed by atoms with E-state index in [4.69, 9.17) is 11.6 Å². The summed E-state index contributed by atoms with van der Waals surface area (Å²) >= 11 is 6.08. The third-order valence-corrected chi connectivity index (χ3v) is 4.43. The van der Waals surface area contributed by atoms with Gasteiger partial charge in [0.2, 0.25) is 5.91 Å². The van der Waals surface area contributed by atoms with E-state index in [-0.39, 0.29) is 18.2 Å². The maximum absolute atomic E-state index is 12.6. The van der Waals surface area contributed by atoms with E-state index in [2.05, 4.69) is 10.4 Å². The molecule has 3 rings (SSSR count). The minimum atomic E-state index is -0.518. The Labute approximate surface area is 145 Å². The van der Waals surface area contributed by atoms with Crippen molar-refractivity contribution >= 4 is 29.2 Å². The van der Waals surface area contributed by atoms with Gasteiger partial charge >= 0.3 is 0 Å². The summed E-state index contributed by atoms with van der Waals surface area (Å²) in [5.74, 6) is 0.296. The maximum Gasteiger partial charge on any atom is 0.250 e. The largest absolute Gasteiger partial charge is 0.344 e. The predicted molar refractivity (Wildman–Crippen MR) is 91.9 cm³/mol. The van der Waals surface area contributed by atoms with Gasteiger partial charge in [-0.2, -0.15) is 5.10 Å². The van der Waals surface area contributed by atoms with Crippen molar-refractivity contribution in [3.63, 3.8) is 0 Å². The molecule has 6 nitrogen and oxygen atoms in total. The van der Waals surface area contributed by atoms with E-state index in [1.165, 1.54) is 0 Å². The van der Waals surface area contributed by atoms with E-state index >= 15 is 0 Å². The second-order valence-electron chi connectivity index (χ2n) is 5.87. The van der Waals surface area contributed by atoms with E-state index in [0.717, 1.165) is 12.0 Å². The molecule has 2 heterocycles. The van der Waals surface area contributed by atoms with Crippen LogP contribution in [0.1, 0.15) is 18.4 Å². The maximum atomic E-state index is 12.6. The molecule has 2 amide bonds. The SMILES string of the molecule is Cn1ccc(N2CCC[C@H](NC(=O)Cc3ccccc3Cl)C2=O)n1. The molecule has 126 valence electrons. The normalized spacial score (nSPS) is 17.8. The molecule has 7 heteroatoms. The summed E-state index contributed by atoms with van der Waals surface area (Å²) in [6.45, 7) is 0.618. The van der Waals surface area contributed by atoms with Crippen LogP contribution in [0.2, 0.25) is 5.02 Å². The van der Waals surface area contributed by atoms with Crippen molar-refractivity contribution in [2.45, 2.75) is 25.3 Å². The van der Waals surface area contributed by atoms with E-state index in [1.54, 1.807) is 35.0 Å². The summed E-state index contributed by atoms with van der Waals surface area (Å²) in [6.07, 6.45) is 3.41. The summed E-state index contributed by atoms with van der Waals surface area (Å²) < 4.78 is 1.65. The summed E-state index contributed by atoms with van der Waals surface area (Å²) in [5.41, 5.74) is 0.751. The van der Waals surface area contributed by atoms with Gasteiger partial charge in [0.15, 0.2) is 5.82 Å². The minimum absolute atomic E-state index is 0.118. The van der Waals surface area contributed by atoms with Gasteiger partial charge in [0.05, 0.1) is 6.42 Å². The molecule has 1 N–H and O–H groups in total. The van der Waals surface area contributed by atoms with Gasteiger partial charge in [-0.1, -0.05) is 29.8 Å². The predicted octanol–water partition coefficient (Wildman–Crippen LogP) is 1.93. The number of carbonyl (C=O) groups excluding carboxylic acids is 2. The Hall–Kier alpha value is -2.34. The number of aromatic nitrogens is 2. The highest BCUT2D eigenvalue weighted by atomic mass is 35.5. The van der Waals surface area contributed by atoms with Gasteiger partial charge < -0.3 is 5.32 Å². The minimum Gasteiger partial charge on any atom is -0.344 e. The van der Waals surface area contributed by atoms with E-state index in [0.29, 0.717) is 23.8 Å². The number of benzene rings is 1. The number of hydrogen-bond donors (Lipinski definition) is 1. The Morgan fingerprint density at radius 1 is 1.38 bits per heavy atom. The average Bonchev–Trinajstić information content (AvgIpc) is 2.98. The molecule has 0 radical (unpaired) electrons. The summed E-state index contributed by atoms with van der Waals surface area (Å²) in [6, 6.07) is 8.49. The van der Waals surface area contributed by atoms with Gasteiger partial charge in [0, 0.05) is 30.9 Å². The number of rotatable bonds is 4. The molecule has 1 aliphatic heterocycles. The van der Waals surface area contributed by atoms with Crippen LogP contribution in [0.25, 0.3) is 0 Å². The lowest BCUT2D eigenvalue weighted by Gasteiger charge is -2.31. The molecular weight excluding hydrogens is 328 g/mol. The zero-order chi connectivity index (χ0) is 17.1. The van der Waals surface area contributed by atoms with Crippen LogP contribution < -0.4 is 10.2 Å². The molecule has 0 saturated carbocycles. The molecule has 1 aliphatic rings. The van der Waals surface area contributed by atoms with Crippen molar-refractivity contribution in [1.82, 2.24) is 15.1 Å². The van der Waals surface area contributed by atoms with Crippen LogP contribution in [-0.2, 0) is 23.1 Å². The molecular formula is C17H19ClN4O2. The fourth-order valence-electron chi connectivity index (χ4n) is 2.84. The fraction of sp³-hybridized carbons (Fsp3) is 0.353. The summed E-state index contributed by atoms with van der Waals surface area (Å²) in [7, 11) is 1.81. The van der Waals surface area contributed by atoms with Crippen molar-refractivity contribution in [1.29, 1.82) is 0 Å². The van der Waals surface area contributed by atoms with Crippen molar-refractivity contribution in [3.8, 4) is 0 Å². The molecule has 0 unspecified atom stereocenters. The number of amides is 2. The van der Waals surface area contributed by atoms with Gasteiger partial charge in [-0.25, -0.2) is 0 Å². The molecule has 1 aromatic heterocycles. The number of hydrogen-bond acceptors (Lipinski definition) is 3. The highest BCUT2D eigenvalue weighted by molar-refractivity contribution is 6.31. The van der Waals surface area contributed by atoms with Crippen LogP contribution in [0.3, 0.4) is 0 Å². The van der Waals surface area contributed by atoms with Gasteiger partial charge in [0.25, 0.3) is 5.91 Å². The second kappa shape index (κ2) is 7.05. The topological polar surface area (TPSA) is 67.2 Å². The first-order valence-electron chi connectivity index (χ1n) is 7.88.